The van der Waals surface area contributed by atoms with Crippen LogP contribution in [0.3, 0.4) is 0 Å². The molecule has 4 N–H and O–H groups in total. The van der Waals surface area contributed by atoms with Crippen LogP contribution in [0.15, 0.2) is 12.1 Å². The monoisotopic (exact) mass is 276 g/mol. The van der Waals surface area contributed by atoms with Crippen molar-refractivity contribution in [3.63, 3.8) is 0 Å². The number of nitrogens with one attached hydrogen (secondary N) is 2. The van der Waals surface area contributed by atoms with Crippen molar-refractivity contribution in [1.82, 2.24) is 4.98 Å². The number of rotatable bonds is 4. The second kappa shape index (κ2) is 5.22. The number of hydrazine groups is 1. The first-order valence-electron chi connectivity index (χ1n) is 5.77. The smallest absolute Gasteiger partial charge is 0.381 e. The zero-order valence-electron chi connectivity index (χ0n) is 10.3. The van der Waals surface area contributed by atoms with Gasteiger partial charge >= 0.3 is 6.18 Å². The van der Waals surface area contributed by atoms with Crippen molar-refractivity contribution in [2.75, 3.05) is 17.9 Å². The molecular weight excluding hydrogens is 261 g/mol. The van der Waals surface area contributed by atoms with Gasteiger partial charge in [0.2, 0.25) is 0 Å². The maximum Gasteiger partial charge on any atom is 0.416 e. The van der Waals surface area contributed by atoms with Crippen molar-refractivity contribution >= 4 is 11.6 Å². The predicted molar refractivity (Wildman–Crippen MR) is 64.5 cm³/mol. The topological polar surface area (TPSA) is 72.2 Å². The van der Waals surface area contributed by atoms with Crippen LogP contribution in [0.5, 0.6) is 0 Å². The number of methoxy groups -OCH3 is 1. The van der Waals surface area contributed by atoms with E-state index in [1.54, 1.807) is 7.11 Å². The third-order valence-corrected chi connectivity index (χ3v) is 3.08. The molecule has 0 unspecified atom stereocenters. The van der Waals surface area contributed by atoms with E-state index in [4.69, 9.17) is 10.6 Å². The maximum atomic E-state index is 12.7. The highest BCUT2D eigenvalue weighted by molar-refractivity contribution is 5.50. The Morgan fingerprint density at radius 1 is 1.32 bits per heavy atom. The van der Waals surface area contributed by atoms with Crippen molar-refractivity contribution in [2.45, 2.75) is 31.2 Å². The number of nitrogens with zero attached hydrogens (tertiary/aromatic N) is 1. The Morgan fingerprint density at radius 2 is 1.95 bits per heavy atom. The summed E-state index contributed by atoms with van der Waals surface area (Å²) in [6.07, 6.45) is -2.77. The van der Waals surface area contributed by atoms with Crippen LogP contribution in [-0.4, -0.2) is 24.2 Å². The summed E-state index contributed by atoms with van der Waals surface area (Å²) in [5, 5.41) is 2.94. The predicted octanol–water partition coefficient (Wildman–Crippen LogP) is 1.98. The fraction of sp³-hybridized carbons (Fsp3) is 0.545. The summed E-state index contributed by atoms with van der Waals surface area (Å²) < 4.78 is 43.2. The highest BCUT2D eigenvalue weighted by atomic mass is 19.4. The lowest BCUT2D eigenvalue weighted by atomic mass is 9.89. The summed E-state index contributed by atoms with van der Waals surface area (Å²) in [5.41, 5.74) is 1.34. The molecule has 1 aromatic heterocycles. The van der Waals surface area contributed by atoms with E-state index < -0.39 is 11.7 Å². The zero-order valence-corrected chi connectivity index (χ0v) is 10.3. The van der Waals surface area contributed by atoms with Crippen LogP contribution in [0.1, 0.15) is 18.4 Å². The molecule has 1 saturated carbocycles. The van der Waals surface area contributed by atoms with Crippen LogP contribution in [0.25, 0.3) is 0 Å². The van der Waals surface area contributed by atoms with Gasteiger partial charge in [-0.25, -0.2) is 10.8 Å². The molecule has 1 fully saturated rings. The second-order valence-electron chi connectivity index (χ2n) is 4.44. The van der Waals surface area contributed by atoms with E-state index in [9.17, 15) is 13.2 Å². The Labute approximate surface area is 108 Å². The summed E-state index contributed by atoms with van der Waals surface area (Å²) in [6.45, 7) is 0. The van der Waals surface area contributed by atoms with E-state index in [-0.39, 0.29) is 23.8 Å². The van der Waals surface area contributed by atoms with Gasteiger partial charge in [-0.3, -0.25) is 0 Å². The molecule has 0 saturated heterocycles. The minimum atomic E-state index is -4.43. The molecule has 1 aromatic rings. The highest BCUT2D eigenvalue weighted by Gasteiger charge is 2.33. The quantitative estimate of drug-likeness (QED) is 0.579. The van der Waals surface area contributed by atoms with Gasteiger partial charge in [0.1, 0.15) is 11.6 Å². The van der Waals surface area contributed by atoms with Gasteiger partial charge < -0.3 is 15.5 Å². The van der Waals surface area contributed by atoms with Crippen molar-refractivity contribution in [1.29, 1.82) is 0 Å². The third-order valence-electron chi connectivity index (χ3n) is 3.08. The van der Waals surface area contributed by atoms with Gasteiger partial charge in [-0.2, -0.15) is 13.2 Å². The molecule has 0 bridgehead atoms. The molecule has 106 valence electrons. The van der Waals surface area contributed by atoms with E-state index in [1.807, 2.05) is 0 Å². The van der Waals surface area contributed by atoms with Crippen LogP contribution in [0.2, 0.25) is 0 Å². The lowest BCUT2D eigenvalue weighted by molar-refractivity contribution is -0.137. The lowest BCUT2D eigenvalue weighted by Crippen LogP contribution is -2.40. The van der Waals surface area contributed by atoms with Crippen LogP contribution in [0, 0.1) is 0 Å². The number of pyridine rings is 1. The fourth-order valence-corrected chi connectivity index (χ4v) is 1.93. The van der Waals surface area contributed by atoms with Crippen LogP contribution in [0.4, 0.5) is 24.8 Å². The second-order valence-corrected chi connectivity index (χ2v) is 4.44. The lowest BCUT2D eigenvalue weighted by Gasteiger charge is -2.35. The Bertz CT molecular complexity index is 446. The summed E-state index contributed by atoms with van der Waals surface area (Å²) in [7, 11) is 1.61. The fourth-order valence-electron chi connectivity index (χ4n) is 1.93. The summed E-state index contributed by atoms with van der Waals surface area (Å²) in [4.78, 5) is 3.95. The van der Waals surface area contributed by atoms with Crippen LogP contribution in [-0.2, 0) is 10.9 Å². The van der Waals surface area contributed by atoms with Gasteiger partial charge in [0.25, 0.3) is 0 Å². The number of nitrogens with two attached hydrogens (primary N) is 1. The molecule has 5 nitrogen and oxygen atoms in total. The van der Waals surface area contributed by atoms with E-state index in [2.05, 4.69) is 15.7 Å². The van der Waals surface area contributed by atoms with E-state index in [1.165, 1.54) is 0 Å². The molecule has 0 radical (unpaired) electrons. The van der Waals surface area contributed by atoms with Gasteiger partial charge in [-0.15, -0.1) is 0 Å². The van der Waals surface area contributed by atoms with Gasteiger partial charge in [0, 0.05) is 13.2 Å². The number of nitrogen functional groups attached to an aromatic ring is 1. The first-order chi connectivity index (χ1) is 8.92. The number of halogens is 3. The van der Waals surface area contributed by atoms with Crippen molar-refractivity contribution < 1.29 is 17.9 Å². The maximum absolute atomic E-state index is 12.7. The molecule has 0 atom stereocenters. The van der Waals surface area contributed by atoms with Gasteiger partial charge in [0.15, 0.2) is 0 Å². The van der Waals surface area contributed by atoms with Crippen LogP contribution >= 0.6 is 0 Å². The first-order valence-corrected chi connectivity index (χ1v) is 5.77. The summed E-state index contributed by atoms with van der Waals surface area (Å²) in [5.74, 6) is 5.25. The van der Waals surface area contributed by atoms with E-state index in [0.717, 1.165) is 25.0 Å². The zero-order chi connectivity index (χ0) is 14.0. The average Bonchev–Trinajstić information content (AvgIpc) is 2.31. The van der Waals surface area contributed by atoms with E-state index in [0.29, 0.717) is 0 Å². The molecular formula is C11H15F3N4O. The number of hydrogen-bond acceptors (Lipinski definition) is 5. The summed E-state index contributed by atoms with van der Waals surface area (Å²) in [6, 6.07) is 1.91. The third kappa shape index (κ3) is 3.27. The molecule has 8 heteroatoms. The minimum absolute atomic E-state index is 0.0278. The molecule has 19 heavy (non-hydrogen) atoms. The minimum Gasteiger partial charge on any atom is -0.381 e. The van der Waals surface area contributed by atoms with Crippen molar-refractivity contribution in [2.24, 2.45) is 5.84 Å². The van der Waals surface area contributed by atoms with Crippen molar-refractivity contribution in [3.05, 3.63) is 17.7 Å². The number of anilines is 2. The molecule has 0 aliphatic heterocycles. The standard InChI is InChI=1S/C11H15F3N4O/c1-19-8-4-7(5-8)16-9-2-6(11(12,13)14)3-10(17-9)18-15/h2-3,7-8H,4-5,15H2,1H3,(H2,16,17,18). The highest BCUT2D eigenvalue weighted by Crippen LogP contribution is 2.33. The molecule has 0 aromatic carbocycles. The molecule has 1 aliphatic carbocycles. The summed E-state index contributed by atoms with van der Waals surface area (Å²) >= 11 is 0. The molecule has 0 amide bonds. The van der Waals surface area contributed by atoms with Gasteiger partial charge in [0.05, 0.1) is 11.7 Å². The van der Waals surface area contributed by atoms with Crippen molar-refractivity contribution in [3.8, 4) is 0 Å². The molecule has 0 spiro atoms. The SMILES string of the molecule is COC1CC(Nc2cc(C(F)(F)F)cc(NN)n2)C1. The molecule has 1 heterocycles. The largest absolute Gasteiger partial charge is 0.416 e. The molecule has 2 rings (SSSR count). The van der Waals surface area contributed by atoms with Gasteiger partial charge in [-0.05, 0) is 25.0 Å². The van der Waals surface area contributed by atoms with Gasteiger partial charge in [-0.1, -0.05) is 0 Å². The number of aromatic nitrogens is 1. The number of alkyl halides is 3. The Kier molecular flexibility index (Phi) is 3.81. The van der Waals surface area contributed by atoms with E-state index >= 15 is 0 Å². The molecule has 1 aliphatic rings. The Hall–Kier alpha value is -1.54. The number of ether oxygens (including phenoxy) is 1. The Morgan fingerprint density at radius 3 is 2.47 bits per heavy atom. The average molecular weight is 276 g/mol. The normalized spacial score (nSPS) is 22.8. The first kappa shape index (κ1) is 13.9. The number of hydrogen-bond donors (Lipinski definition) is 3. The van der Waals surface area contributed by atoms with Crippen LogP contribution < -0.4 is 16.6 Å². The Balaban J connectivity index is 2.12.